The second-order valence-corrected chi connectivity index (χ2v) is 7.57. The standard InChI is InChI=1S/C22H21BrN2O4/c1-4-10-29-19-9-8-15(12-17(19)23)11-16-20(26)24-22(28)25(21(16)27)18-7-5-6-13(2)14(18)3/h5-9,11-12H,4,10H2,1-3H3,(H,24,26,28)/b16-11+. The second kappa shape index (κ2) is 8.61. The van der Waals surface area contributed by atoms with E-state index in [1.807, 2.05) is 26.8 Å². The number of halogens is 1. The Balaban J connectivity index is 1.97. The summed E-state index contributed by atoms with van der Waals surface area (Å²) >= 11 is 3.44. The molecule has 2 aromatic carbocycles. The van der Waals surface area contributed by atoms with Crippen molar-refractivity contribution in [3.05, 3.63) is 63.1 Å². The van der Waals surface area contributed by atoms with Crippen LogP contribution in [0.1, 0.15) is 30.0 Å². The maximum atomic E-state index is 13.0. The van der Waals surface area contributed by atoms with Crippen molar-refractivity contribution in [3.63, 3.8) is 0 Å². The third-order valence-electron chi connectivity index (χ3n) is 4.65. The Bertz CT molecular complexity index is 1030. The summed E-state index contributed by atoms with van der Waals surface area (Å²) in [5.41, 5.74) is 2.71. The molecule has 1 N–H and O–H groups in total. The van der Waals surface area contributed by atoms with Crippen molar-refractivity contribution in [3.8, 4) is 5.75 Å². The number of hydrogen-bond donors (Lipinski definition) is 1. The smallest absolute Gasteiger partial charge is 0.335 e. The van der Waals surface area contributed by atoms with E-state index in [4.69, 9.17) is 4.74 Å². The van der Waals surface area contributed by atoms with Gasteiger partial charge in [0, 0.05) is 0 Å². The number of rotatable bonds is 5. The topological polar surface area (TPSA) is 75.7 Å². The minimum absolute atomic E-state index is 0.111. The van der Waals surface area contributed by atoms with Gasteiger partial charge in [0.05, 0.1) is 16.8 Å². The van der Waals surface area contributed by atoms with Gasteiger partial charge in [-0.15, -0.1) is 0 Å². The van der Waals surface area contributed by atoms with Crippen LogP contribution in [0.25, 0.3) is 6.08 Å². The molecule has 150 valence electrons. The minimum atomic E-state index is -0.754. The van der Waals surface area contributed by atoms with Crippen molar-refractivity contribution >= 4 is 45.5 Å². The number of hydrogen-bond acceptors (Lipinski definition) is 4. The van der Waals surface area contributed by atoms with Crippen LogP contribution in [0.15, 0.2) is 46.4 Å². The molecule has 1 aliphatic heterocycles. The van der Waals surface area contributed by atoms with Crippen molar-refractivity contribution in [2.24, 2.45) is 0 Å². The van der Waals surface area contributed by atoms with Gasteiger partial charge >= 0.3 is 6.03 Å². The number of ether oxygens (including phenoxy) is 1. The van der Waals surface area contributed by atoms with Gasteiger partial charge in [0.25, 0.3) is 11.8 Å². The molecule has 1 fully saturated rings. The summed E-state index contributed by atoms with van der Waals surface area (Å²) in [6.45, 7) is 6.33. The zero-order valence-electron chi connectivity index (χ0n) is 16.4. The van der Waals surface area contributed by atoms with Crippen molar-refractivity contribution < 1.29 is 19.1 Å². The van der Waals surface area contributed by atoms with Crippen LogP contribution >= 0.6 is 15.9 Å². The summed E-state index contributed by atoms with van der Waals surface area (Å²) in [4.78, 5) is 38.8. The highest BCUT2D eigenvalue weighted by Gasteiger charge is 2.37. The lowest BCUT2D eigenvalue weighted by atomic mass is 10.0. The summed E-state index contributed by atoms with van der Waals surface area (Å²) in [6.07, 6.45) is 2.35. The van der Waals surface area contributed by atoms with Gasteiger partial charge in [0.2, 0.25) is 0 Å². The number of nitrogens with zero attached hydrogens (tertiary/aromatic N) is 1. The van der Waals surface area contributed by atoms with Gasteiger partial charge in [0.15, 0.2) is 0 Å². The number of barbiturate groups is 1. The van der Waals surface area contributed by atoms with Gasteiger partial charge in [-0.25, -0.2) is 9.69 Å². The summed E-state index contributed by atoms with van der Waals surface area (Å²) < 4.78 is 6.33. The molecule has 1 aliphatic rings. The summed E-state index contributed by atoms with van der Waals surface area (Å²) in [7, 11) is 0. The zero-order valence-corrected chi connectivity index (χ0v) is 18.0. The maximum Gasteiger partial charge on any atom is 0.335 e. The highest BCUT2D eigenvalue weighted by atomic mass is 79.9. The third kappa shape index (κ3) is 4.24. The Labute approximate surface area is 177 Å². The number of imide groups is 2. The molecule has 4 amide bonds. The molecule has 0 radical (unpaired) electrons. The number of carbonyl (C=O) groups is 3. The van der Waals surface area contributed by atoms with Crippen LogP contribution in [0.5, 0.6) is 5.75 Å². The lowest BCUT2D eigenvalue weighted by molar-refractivity contribution is -0.122. The molecule has 0 atom stereocenters. The van der Waals surface area contributed by atoms with E-state index < -0.39 is 17.8 Å². The van der Waals surface area contributed by atoms with E-state index in [1.165, 1.54) is 6.08 Å². The molecule has 6 nitrogen and oxygen atoms in total. The van der Waals surface area contributed by atoms with E-state index in [0.717, 1.165) is 22.4 Å². The first-order valence-corrected chi connectivity index (χ1v) is 10.0. The van der Waals surface area contributed by atoms with Gasteiger partial charge in [0.1, 0.15) is 11.3 Å². The number of aryl methyl sites for hydroxylation is 1. The molecule has 2 aromatic rings. The number of nitrogens with one attached hydrogen (secondary N) is 1. The first kappa shape index (κ1) is 20.8. The fraction of sp³-hybridized carbons (Fsp3) is 0.227. The molecule has 0 spiro atoms. The second-order valence-electron chi connectivity index (χ2n) is 6.72. The van der Waals surface area contributed by atoms with Gasteiger partial charge < -0.3 is 4.74 Å². The van der Waals surface area contributed by atoms with E-state index in [2.05, 4.69) is 21.2 Å². The van der Waals surface area contributed by atoms with Gasteiger partial charge in [-0.3, -0.25) is 14.9 Å². The van der Waals surface area contributed by atoms with Crippen molar-refractivity contribution in [2.45, 2.75) is 27.2 Å². The minimum Gasteiger partial charge on any atom is -0.492 e. The summed E-state index contributed by atoms with van der Waals surface area (Å²) in [5.74, 6) is -0.695. The normalized spacial score (nSPS) is 15.7. The SMILES string of the molecule is CCCOc1ccc(/C=C2\C(=O)NC(=O)N(c3cccc(C)c3C)C2=O)cc1Br. The molecular formula is C22H21BrN2O4. The molecule has 1 saturated heterocycles. The molecule has 1 heterocycles. The maximum absolute atomic E-state index is 13.0. The van der Waals surface area contributed by atoms with Crippen LogP contribution in [0.3, 0.4) is 0 Å². The van der Waals surface area contributed by atoms with Crippen LogP contribution in [-0.4, -0.2) is 24.5 Å². The van der Waals surface area contributed by atoms with Gasteiger partial charge in [-0.05, 0) is 77.2 Å². The monoisotopic (exact) mass is 456 g/mol. The first-order valence-electron chi connectivity index (χ1n) is 9.23. The van der Waals surface area contributed by atoms with Crippen molar-refractivity contribution in [1.82, 2.24) is 5.32 Å². The average Bonchev–Trinajstić information content (AvgIpc) is 2.67. The van der Waals surface area contributed by atoms with E-state index in [1.54, 1.807) is 30.3 Å². The fourth-order valence-electron chi connectivity index (χ4n) is 2.96. The van der Waals surface area contributed by atoms with Crippen LogP contribution in [0, 0.1) is 13.8 Å². The third-order valence-corrected chi connectivity index (χ3v) is 5.27. The molecular weight excluding hydrogens is 436 g/mol. The molecule has 0 saturated carbocycles. The Hall–Kier alpha value is -2.93. The first-order chi connectivity index (χ1) is 13.8. The van der Waals surface area contributed by atoms with Crippen molar-refractivity contribution in [2.75, 3.05) is 11.5 Å². The number of benzene rings is 2. The van der Waals surface area contributed by atoms with E-state index in [0.29, 0.717) is 28.1 Å². The predicted molar refractivity (Wildman–Crippen MR) is 115 cm³/mol. The Morgan fingerprint density at radius 3 is 2.59 bits per heavy atom. The van der Waals surface area contributed by atoms with Crippen LogP contribution in [-0.2, 0) is 9.59 Å². The quantitative estimate of drug-likeness (QED) is 0.529. The Kier molecular flexibility index (Phi) is 6.17. The fourth-order valence-corrected chi connectivity index (χ4v) is 3.47. The summed E-state index contributed by atoms with van der Waals surface area (Å²) in [5, 5.41) is 2.25. The number of carbonyl (C=O) groups excluding carboxylic acids is 3. The highest BCUT2D eigenvalue weighted by molar-refractivity contribution is 9.10. The highest BCUT2D eigenvalue weighted by Crippen LogP contribution is 2.29. The van der Waals surface area contributed by atoms with Crippen LogP contribution in [0.2, 0.25) is 0 Å². The molecule has 0 unspecified atom stereocenters. The average molecular weight is 457 g/mol. The molecule has 0 bridgehead atoms. The molecule has 29 heavy (non-hydrogen) atoms. The molecule has 3 rings (SSSR count). The number of anilines is 1. The van der Waals surface area contributed by atoms with Crippen molar-refractivity contribution in [1.29, 1.82) is 0 Å². The molecule has 0 aromatic heterocycles. The number of amides is 4. The lowest BCUT2D eigenvalue weighted by Crippen LogP contribution is -2.54. The number of urea groups is 1. The van der Waals surface area contributed by atoms with Crippen LogP contribution in [0.4, 0.5) is 10.5 Å². The Morgan fingerprint density at radius 1 is 1.14 bits per heavy atom. The molecule has 7 heteroatoms. The predicted octanol–water partition coefficient (Wildman–Crippen LogP) is 4.52. The van der Waals surface area contributed by atoms with Gasteiger partial charge in [-0.2, -0.15) is 0 Å². The largest absolute Gasteiger partial charge is 0.492 e. The molecule has 0 aliphatic carbocycles. The lowest BCUT2D eigenvalue weighted by Gasteiger charge is -2.28. The van der Waals surface area contributed by atoms with E-state index >= 15 is 0 Å². The van der Waals surface area contributed by atoms with Gasteiger partial charge in [-0.1, -0.05) is 25.1 Å². The van der Waals surface area contributed by atoms with E-state index in [9.17, 15) is 14.4 Å². The zero-order chi connectivity index (χ0) is 21.1. The van der Waals surface area contributed by atoms with E-state index in [-0.39, 0.29) is 5.57 Å². The van der Waals surface area contributed by atoms with Crippen LogP contribution < -0.4 is 15.0 Å². The Morgan fingerprint density at radius 2 is 1.90 bits per heavy atom. The summed E-state index contributed by atoms with van der Waals surface area (Å²) in [6, 6.07) is 9.88.